The largest absolute Gasteiger partial charge is 0.354 e. The van der Waals surface area contributed by atoms with Gasteiger partial charge in [-0.25, -0.2) is 0 Å². The van der Waals surface area contributed by atoms with Gasteiger partial charge in [-0.15, -0.1) is 23.7 Å². The maximum Gasteiger partial charge on any atom is 0.227 e. The zero-order valence-corrected chi connectivity index (χ0v) is 11.6. The molecule has 0 bridgehead atoms. The standard InChI is InChI=1S/C12H18N2OS.ClH/c1-13-6-7-14-12(15)10-3-2-4-11-9(10)5-8-16-11;/h5,8,10,13H,2-4,6-7H2,1H3,(H,14,15);1H. The SMILES string of the molecule is CNCCNC(=O)C1CCCc2sccc21.Cl. The first kappa shape index (κ1) is 14.5. The van der Waals surface area contributed by atoms with E-state index in [1.807, 2.05) is 7.05 Å². The van der Waals surface area contributed by atoms with Crippen LogP contribution < -0.4 is 10.6 Å². The molecule has 1 atom stereocenters. The van der Waals surface area contributed by atoms with Crippen LogP contribution in [0, 0.1) is 0 Å². The quantitative estimate of drug-likeness (QED) is 0.824. The summed E-state index contributed by atoms with van der Waals surface area (Å²) in [6, 6.07) is 2.11. The van der Waals surface area contributed by atoms with Crippen molar-refractivity contribution in [2.75, 3.05) is 20.1 Å². The van der Waals surface area contributed by atoms with E-state index < -0.39 is 0 Å². The molecule has 0 aliphatic heterocycles. The number of hydrogen-bond donors (Lipinski definition) is 2. The van der Waals surface area contributed by atoms with Gasteiger partial charge in [-0.1, -0.05) is 0 Å². The lowest BCUT2D eigenvalue weighted by molar-refractivity contribution is -0.122. The number of hydrogen-bond acceptors (Lipinski definition) is 3. The van der Waals surface area contributed by atoms with E-state index in [9.17, 15) is 4.79 Å². The van der Waals surface area contributed by atoms with Gasteiger partial charge in [0.15, 0.2) is 0 Å². The molecular formula is C12H19ClN2OS. The molecule has 1 heterocycles. The highest BCUT2D eigenvalue weighted by Crippen LogP contribution is 2.34. The normalized spacial score (nSPS) is 18.1. The van der Waals surface area contributed by atoms with Crippen molar-refractivity contribution < 1.29 is 4.79 Å². The second-order valence-electron chi connectivity index (χ2n) is 4.14. The lowest BCUT2D eigenvalue weighted by Crippen LogP contribution is -2.35. The molecule has 96 valence electrons. The van der Waals surface area contributed by atoms with Gasteiger partial charge in [0, 0.05) is 18.0 Å². The number of carbonyl (C=O) groups is 1. The van der Waals surface area contributed by atoms with Crippen LogP contribution in [0.4, 0.5) is 0 Å². The molecule has 1 unspecified atom stereocenters. The minimum absolute atomic E-state index is 0. The van der Waals surface area contributed by atoms with Crippen molar-refractivity contribution in [3.63, 3.8) is 0 Å². The van der Waals surface area contributed by atoms with E-state index in [0.29, 0.717) is 6.54 Å². The number of amides is 1. The molecule has 0 spiro atoms. The summed E-state index contributed by atoms with van der Waals surface area (Å²) < 4.78 is 0. The van der Waals surface area contributed by atoms with E-state index in [0.717, 1.165) is 25.8 Å². The Kier molecular flexibility index (Phi) is 5.95. The van der Waals surface area contributed by atoms with Crippen LogP contribution in [0.2, 0.25) is 0 Å². The van der Waals surface area contributed by atoms with E-state index in [2.05, 4.69) is 22.1 Å². The first-order valence-corrected chi connectivity index (χ1v) is 6.69. The number of rotatable bonds is 4. The maximum atomic E-state index is 12.0. The molecule has 1 amide bonds. The number of aryl methyl sites for hydroxylation is 1. The molecule has 0 fully saturated rings. The lowest BCUT2D eigenvalue weighted by Gasteiger charge is -2.21. The highest BCUT2D eigenvalue weighted by Gasteiger charge is 2.26. The topological polar surface area (TPSA) is 41.1 Å². The van der Waals surface area contributed by atoms with Crippen LogP contribution in [0.1, 0.15) is 29.2 Å². The van der Waals surface area contributed by atoms with Crippen LogP contribution in [-0.2, 0) is 11.2 Å². The van der Waals surface area contributed by atoms with Crippen molar-refractivity contribution >= 4 is 29.7 Å². The Morgan fingerprint density at radius 2 is 2.35 bits per heavy atom. The Bertz CT molecular complexity index is 367. The molecule has 0 aromatic carbocycles. The van der Waals surface area contributed by atoms with Crippen LogP contribution in [-0.4, -0.2) is 26.0 Å². The van der Waals surface area contributed by atoms with E-state index >= 15 is 0 Å². The first-order chi connectivity index (χ1) is 7.83. The molecule has 0 radical (unpaired) electrons. The molecule has 1 aromatic heterocycles. The number of fused-ring (bicyclic) bond motifs is 1. The van der Waals surface area contributed by atoms with Crippen molar-refractivity contribution in [2.45, 2.75) is 25.2 Å². The predicted octanol–water partition coefficient (Wildman–Crippen LogP) is 1.93. The predicted molar refractivity (Wildman–Crippen MR) is 74.2 cm³/mol. The van der Waals surface area contributed by atoms with Crippen molar-refractivity contribution in [1.82, 2.24) is 10.6 Å². The summed E-state index contributed by atoms with van der Waals surface area (Å²) in [4.78, 5) is 13.4. The number of nitrogens with one attached hydrogen (secondary N) is 2. The first-order valence-electron chi connectivity index (χ1n) is 5.81. The summed E-state index contributed by atoms with van der Waals surface area (Å²) in [5.41, 5.74) is 1.26. The van der Waals surface area contributed by atoms with Crippen molar-refractivity contribution in [1.29, 1.82) is 0 Å². The van der Waals surface area contributed by atoms with Gasteiger partial charge in [-0.05, 0) is 43.3 Å². The fraction of sp³-hybridized carbons (Fsp3) is 0.583. The summed E-state index contributed by atoms with van der Waals surface area (Å²) in [7, 11) is 1.89. The fourth-order valence-corrected chi connectivity index (χ4v) is 3.18. The molecule has 1 aliphatic rings. The van der Waals surface area contributed by atoms with Gasteiger partial charge in [-0.3, -0.25) is 4.79 Å². The molecule has 0 saturated heterocycles. The van der Waals surface area contributed by atoms with Crippen molar-refractivity contribution in [2.24, 2.45) is 0 Å². The third-order valence-electron chi connectivity index (χ3n) is 3.04. The highest BCUT2D eigenvalue weighted by atomic mass is 35.5. The average Bonchev–Trinajstić information content (AvgIpc) is 2.76. The molecule has 3 nitrogen and oxygen atoms in total. The Labute approximate surface area is 112 Å². The molecule has 0 saturated carbocycles. The smallest absolute Gasteiger partial charge is 0.227 e. The van der Waals surface area contributed by atoms with Crippen molar-refractivity contribution in [3.8, 4) is 0 Å². The lowest BCUT2D eigenvalue weighted by atomic mass is 9.87. The molecule has 1 aliphatic carbocycles. The average molecular weight is 275 g/mol. The molecule has 1 aromatic rings. The number of likely N-dealkylation sites (N-methyl/N-ethyl adjacent to an activating group) is 1. The highest BCUT2D eigenvalue weighted by molar-refractivity contribution is 7.10. The third-order valence-corrected chi connectivity index (χ3v) is 4.04. The Hall–Kier alpha value is -0.580. The minimum Gasteiger partial charge on any atom is -0.354 e. The monoisotopic (exact) mass is 274 g/mol. The molecular weight excluding hydrogens is 256 g/mol. The minimum atomic E-state index is 0. The fourth-order valence-electron chi connectivity index (χ4n) is 2.19. The number of halogens is 1. The number of carbonyl (C=O) groups excluding carboxylic acids is 1. The van der Waals surface area contributed by atoms with E-state index in [1.54, 1.807) is 11.3 Å². The Balaban J connectivity index is 0.00000144. The van der Waals surface area contributed by atoms with Crippen LogP contribution in [0.5, 0.6) is 0 Å². The van der Waals surface area contributed by atoms with E-state index in [1.165, 1.54) is 10.4 Å². The van der Waals surface area contributed by atoms with E-state index in [4.69, 9.17) is 0 Å². The van der Waals surface area contributed by atoms with Crippen LogP contribution in [0.25, 0.3) is 0 Å². The van der Waals surface area contributed by atoms with Crippen LogP contribution in [0.3, 0.4) is 0 Å². The molecule has 17 heavy (non-hydrogen) atoms. The van der Waals surface area contributed by atoms with Gasteiger partial charge < -0.3 is 10.6 Å². The van der Waals surface area contributed by atoms with Gasteiger partial charge in [0.05, 0.1) is 5.92 Å². The van der Waals surface area contributed by atoms with Gasteiger partial charge in [0.1, 0.15) is 0 Å². The van der Waals surface area contributed by atoms with Crippen LogP contribution in [0.15, 0.2) is 11.4 Å². The van der Waals surface area contributed by atoms with Gasteiger partial charge in [0.2, 0.25) is 5.91 Å². The summed E-state index contributed by atoms with van der Waals surface area (Å²) >= 11 is 1.78. The zero-order chi connectivity index (χ0) is 11.4. The van der Waals surface area contributed by atoms with E-state index in [-0.39, 0.29) is 24.2 Å². The van der Waals surface area contributed by atoms with Gasteiger partial charge >= 0.3 is 0 Å². The summed E-state index contributed by atoms with van der Waals surface area (Å²) in [6.07, 6.45) is 3.28. The Morgan fingerprint density at radius 1 is 1.53 bits per heavy atom. The molecule has 5 heteroatoms. The summed E-state index contributed by atoms with van der Waals surface area (Å²) in [5, 5.41) is 8.12. The molecule has 2 rings (SSSR count). The number of thiophene rings is 1. The Morgan fingerprint density at radius 3 is 3.12 bits per heavy atom. The van der Waals surface area contributed by atoms with Gasteiger partial charge in [0.25, 0.3) is 0 Å². The molecule has 2 N–H and O–H groups in total. The maximum absolute atomic E-state index is 12.0. The van der Waals surface area contributed by atoms with Crippen LogP contribution >= 0.6 is 23.7 Å². The second-order valence-corrected chi connectivity index (χ2v) is 5.14. The summed E-state index contributed by atoms with van der Waals surface area (Å²) in [6.45, 7) is 1.54. The van der Waals surface area contributed by atoms with Crippen molar-refractivity contribution in [3.05, 3.63) is 21.9 Å². The second kappa shape index (κ2) is 6.99. The third kappa shape index (κ3) is 3.44. The van der Waals surface area contributed by atoms with Gasteiger partial charge in [-0.2, -0.15) is 0 Å². The summed E-state index contributed by atoms with van der Waals surface area (Å²) in [5.74, 6) is 0.279. The zero-order valence-electron chi connectivity index (χ0n) is 9.99.